The molecule has 0 radical (unpaired) electrons. The largest absolute Gasteiger partial charge is 0.454 e. The number of nitrogens with one attached hydrogen (secondary N) is 1. The second kappa shape index (κ2) is 7.14. The third-order valence-electron chi connectivity index (χ3n) is 4.42. The number of cyclic esters (lactones) is 1. The van der Waals surface area contributed by atoms with Crippen LogP contribution in [0.3, 0.4) is 0 Å². The lowest BCUT2D eigenvalue weighted by Crippen LogP contribution is -2.25. The van der Waals surface area contributed by atoms with Crippen LogP contribution in [0.1, 0.15) is 42.8 Å². The zero-order valence-electron chi connectivity index (χ0n) is 14.0. The van der Waals surface area contributed by atoms with Gasteiger partial charge in [-0.05, 0) is 40.8 Å². The van der Waals surface area contributed by atoms with E-state index in [4.69, 9.17) is 4.74 Å². The Morgan fingerprint density at radius 3 is 2.73 bits per heavy atom. The summed E-state index contributed by atoms with van der Waals surface area (Å²) < 4.78 is 5.56. The lowest BCUT2D eigenvalue weighted by molar-refractivity contribution is 0.0252. The van der Waals surface area contributed by atoms with Crippen LogP contribution in [0.5, 0.6) is 0 Å². The molecule has 1 unspecified atom stereocenters. The van der Waals surface area contributed by atoms with Crippen molar-refractivity contribution in [1.82, 2.24) is 5.32 Å². The summed E-state index contributed by atoms with van der Waals surface area (Å²) in [5.41, 5.74) is 2.90. The van der Waals surface area contributed by atoms with Crippen molar-refractivity contribution in [3.63, 3.8) is 0 Å². The highest BCUT2D eigenvalue weighted by Gasteiger charge is 2.28. The number of hydrogen-bond donors (Lipinski definition) is 1. The van der Waals surface area contributed by atoms with E-state index in [1.165, 1.54) is 0 Å². The van der Waals surface area contributed by atoms with Gasteiger partial charge in [-0.15, -0.1) is 11.3 Å². The van der Waals surface area contributed by atoms with Crippen molar-refractivity contribution in [2.24, 2.45) is 0 Å². The Morgan fingerprint density at radius 1 is 1.12 bits per heavy atom. The van der Waals surface area contributed by atoms with Crippen LogP contribution in [0, 0.1) is 0 Å². The maximum absolute atomic E-state index is 12.4. The van der Waals surface area contributed by atoms with Gasteiger partial charge in [0.25, 0.3) is 5.91 Å². The molecule has 4 rings (SSSR count). The monoisotopic (exact) mass is 363 g/mol. The molecular formula is C21H17NO3S. The van der Waals surface area contributed by atoms with E-state index >= 15 is 0 Å². The molecule has 0 bridgehead atoms. The second-order valence-electron chi connectivity index (χ2n) is 6.14. The maximum Gasteiger partial charge on any atom is 0.339 e. The topological polar surface area (TPSA) is 55.4 Å². The number of benzene rings is 2. The minimum atomic E-state index is -0.342. The number of fused-ring (bicyclic) bond motifs is 1. The number of hydrogen-bond acceptors (Lipinski definition) is 4. The van der Waals surface area contributed by atoms with Crippen LogP contribution in [0.4, 0.5) is 0 Å². The highest BCUT2D eigenvalue weighted by molar-refractivity contribution is 7.09. The van der Waals surface area contributed by atoms with Crippen molar-refractivity contribution < 1.29 is 14.3 Å². The first-order chi connectivity index (χ1) is 12.7. The van der Waals surface area contributed by atoms with E-state index in [0.717, 1.165) is 16.0 Å². The van der Waals surface area contributed by atoms with Crippen LogP contribution in [-0.2, 0) is 17.7 Å². The number of carbonyl (C=O) groups excluding carboxylic acids is 2. The van der Waals surface area contributed by atoms with Crippen molar-refractivity contribution in [2.45, 2.75) is 19.1 Å². The van der Waals surface area contributed by atoms with Gasteiger partial charge in [-0.3, -0.25) is 4.79 Å². The molecule has 0 aliphatic carbocycles. The highest BCUT2D eigenvalue weighted by atomic mass is 32.1. The minimum absolute atomic E-state index is 0.142. The van der Waals surface area contributed by atoms with Gasteiger partial charge in [0, 0.05) is 16.9 Å². The molecule has 130 valence electrons. The van der Waals surface area contributed by atoms with E-state index in [9.17, 15) is 9.59 Å². The summed E-state index contributed by atoms with van der Waals surface area (Å²) in [6.45, 7) is 0.502. The quantitative estimate of drug-likeness (QED) is 0.709. The van der Waals surface area contributed by atoms with Crippen molar-refractivity contribution in [1.29, 1.82) is 0 Å². The zero-order valence-corrected chi connectivity index (χ0v) is 14.8. The molecule has 0 fully saturated rings. The lowest BCUT2D eigenvalue weighted by atomic mass is 9.93. The van der Waals surface area contributed by atoms with Gasteiger partial charge in [-0.2, -0.15) is 0 Å². The van der Waals surface area contributed by atoms with Gasteiger partial charge in [-0.1, -0.05) is 36.4 Å². The maximum atomic E-state index is 12.4. The summed E-state index contributed by atoms with van der Waals surface area (Å²) in [5.74, 6) is -0.484. The fourth-order valence-corrected chi connectivity index (χ4v) is 3.72. The van der Waals surface area contributed by atoms with Crippen LogP contribution < -0.4 is 5.32 Å². The Bertz CT molecular complexity index is 935. The van der Waals surface area contributed by atoms with E-state index < -0.39 is 0 Å². The van der Waals surface area contributed by atoms with Crippen LogP contribution in [0.15, 0.2) is 66.0 Å². The summed E-state index contributed by atoms with van der Waals surface area (Å²) in [5, 5.41) is 4.90. The van der Waals surface area contributed by atoms with Gasteiger partial charge < -0.3 is 10.1 Å². The minimum Gasteiger partial charge on any atom is -0.454 e. The first-order valence-electron chi connectivity index (χ1n) is 8.40. The highest BCUT2D eigenvalue weighted by Crippen LogP contribution is 2.31. The lowest BCUT2D eigenvalue weighted by Gasteiger charge is -2.25. The average molecular weight is 363 g/mol. The Balaban J connectivity index is 1.54. The molecule has 2 aromatic carbocycles. The van der Waals surface area contributed by atoms with Crippen molar-refractivity contribution in [3.8, 4) is 0 Å². The van der Waals surface area contributed by atoms with Gasteiger partial charge in [0.15, 0.2) is 0 Å². The second-order valence-corrected chi connectivity index (χ2v) is 7.17. The predicted molar refractivity (Wildman–Crippen MR) is 100 cm³/mol. The predicted octanol–water partition coefficient (Wildman–Crippen LogP) is 4.13. The average Bonchev–Trinajstić information content (AvgIpc) is 3.20. The first kappa shape index (κ1) is 16.5. The van der Waals surface area contributed by atoms with Crippen LogP contribution in [0.25, 0.3) is 0 Å². The van der Waals surface area contributed by atoms with Crippen LogP contribution in [0.2, 0.25) is 0 Å². The first-order valence-corrected chi connectivity index (χ1v) is 9.28. The molecule has 26 heavy (non-hydrogen) atoms. The third-order valence-corrected chi connectivity index (χ3v) is 5.29. The van der Waals surface area contributed by atoms with Gasteiger partial charge in [0.1, 0.15) is 6.10 Å². The molecule has 1 aliphatic rings. The van der Waals surface area contributed by atoms with Gasteiger partial charge >= 0.3 is 5.97 Å². The smallest absolute Gasteiger partial charge is 0.339 e. The standard InChI is InChI=1S/C21H17NO3S/c23-20(22-13-17-7-4-10-26-17)15-8-9-18-16(11-15)12-19(25-21(18)24)14-5-2-1-3-6-14/h1-11,19H,12-13H2,(H,22,23). The summed E-state index contributed by atoms with van der Waals surface area (Å²) in [4.78, 5) is 25.8. The van der Waals surface area contributed by atoms with E-state index in [1.54, 1.807) is 29.5 Å². The summed E-state index contributed by atoms with van der Waals surface area (Å²) in [6, 6.07) is 18.8. The number of ether oxygens (including phenoxy) is 1. The fraction of sp³-hybridized carbons (Fsp3) is 0.143. The Morgan fingerprint density at radius 2 is 1.96 bits per heavy atom. The Labute approximate surface area is 155 Å². The summed E-state index contributed by atoms with van der Waals surface area (Å²) >= 11 is 1.61. The van der Waals surface area contributed by atoms with Crippen molar-refractivity contribution in [3.05, 3.63) is 93.2 Å². The Hall–Kier alpha value is -2.92. The molecular weight excluding hydrogens is 346 g/mol. The molecule has 1 aromatic heterocycles. The molecule has 1 amide bonds. The van der Waals surface area contributed by atoms with Crippen molar-refractivity contribution in [2.75, 3.05) is 0 Å². The van der Waals surface area contributed by atoms with E-state index in [-0.39, 0.29) is 18.0 Å². The SMILES string of the molecule is O=C(NCc1cccs1)c1ccc2c(c1)CC(c1ccccc1)OC2=O. The van der Waals surface area contributed by atoms with Gasteiger partial charge in [-0.25, -0.2) is 4.79 Å². The van der Waals surface area contributed by atoms with Gasteiger partial charge in [0.05, 0.1) is 12.1 Å². The normalized spacial score (nSPS) is 15.8. The molecule has 3 aromatic rings. The number of rotatable bonds is 4. The summed E-state index contributed by atoms with van der Waals surface area (Å²) in [7, 11) is 0. The molecule has 0 saturated heterocycles. The number of thiophene rings is 1. The fourth-order valence-electron chi connectivity index (χ4n) is 3.07. The molecule has 1 atom stereocenters. The number of amides is 1. The molecule has 2 heterocycles. The molecule has 4 nitrogen and oxygen atoms in total. The molecule has 0 spiro atoms. The van der Waals surface area contributed by atoms with E-state index in [0.29, 0.717) is 24.1 Å². The van der Waals surface area contributed by atoms with E-state index in [2.05, 4.69) is 5.32 Å². The molecule has 1 aliphatic heterocycles. The molecule has 1 N–H and O–H groups in total. The van der Waals surface area contributed by atoms with Crippen LogP contribution in [-0.4, -0.2) is 11.9 Å². The number of esters is 1. The zero-order chi connectivity index (χ0) is 17.9. The third kappa shape index (κ3) is 3.39. The van der Waals surface area contributed by atoms with E-state index in [1.807, 2.05) is 47.8 Å². The summed E-state index contributed by atoms with van der Waals surface area (Å²) in [6.07, 6.45) is 0.248. The Kier molecular flexibility index (Phi) is 4.54. The molecule has 0 saturated carbocycles. The van der Waals surface area contributed by atoms with Crippen molar-refractivity contribution >= 4 is 23.2 Å². The van der Waals surface area contributed by atoms with Gasteiger partial charge in [0.2, 0.25) is 0 Å². The number of carbonyl (C=O) groups is 2. The van der Waals surface area contributed by atoms with Crippen LogP contribution >= 0.6 is 11.3 Å². The molecule has 5 heteroatoms.